The van der Waals surface area contributed by atoms with Crippen molar-refractivity contribution in [3.63, 3.8) is 0 Å². The first kappa shape index (κ1) is 18.9. The second-order valence-electron chi connectivity index (χ2n) is 6.74. The van der Waals surface area contributed by atoms with E-state index in [1.807, 2.05) is 42.5 Å². The summed E-state index contributed by atoms with van der Waals surface area (Å²) < 4.78 is 22.3. The predicted octanol–water partition coefficient (Wildman–Crippen LogP) is 4.16. The van der Waals surface area contributed by atoms with Crippen LogP contribution in [0.15, 0.2) is 52.0 Å². The lowest BCUT2D eigenvalue weighted by Gasteiger charge is -2.22. The maximum Gasteiger partial charge on any atom is 0.240 e. The molecule has 29 heavy (non-hydrogen) atoms. The molecular weight excluding hydrogens is 372 g/mol. The first-order valence-corrected chi connectivity index (χ1v) is 9.21. The highest BCUT2D eigenvalue weighted by molar-refractivity contribution is 6.03. The average Bonchev–Trinajstić information content (AvgIpc) is 3.37. The molecule has 0 radical (unpaired) electrons. The van der Waals surface area contributed by atoms with Crippen LogP contribution in [0.4, 0.5) is 0 Å². The van der Waals surface area contributed by atoms with Crippen molar-refractivity contribution in [3.05, 3.63) is 53.8 Å². The fourth-order valence-corrected chi connectivity index (χ4v) is 3.63. The number of carbonyl (C=O) groups excluding carboxylic acids is 1. The van der Waals surface area contributed by atoms with E-state index in [9.17, 15) is 4.79 Å². The number of furan rings is 1. The Hall–Kier alpha value is -3.48. The molecule has 0 saturated heterocycles. The van der Waals surface area contributed by atoms with Gasteiger partial charge >= 0.3 is 0 Å². The molecule has 1 aromatic heterocycles. The van der Waals surface area contributed by atoms with Gasteiger partial charge in [-0.2, -0.15) is 5.10 Å². The fraction of sp³-hybridized carbons (Fsp3) is 0.273. The molecule has 1 aliphatic rings. The minimum absolute atomic E-state index is 0.158. The minimum Gasteiger partial charge on any atom is -0.493 e. The van der Waals surface area contributed by atoms with Gasteiger partial charge in [0.1, 0.15) is 11.3 Å². The van der Waals surface area contributed by atoms with E-state index in [0.29, 0.717) is 29.4 Å². The van der Waals surface area contributed by atoms with Crippen LogP contribution in [-0.2, 0) is 4.79 Å². The molecule has 150 valence electrons. The summed E-state index contributed by atoms with van der Waals surface area (Å²) in [5.74, 6) is 2.07. The maximum absolute atomic E-state index is 12.3. The first-order chi connectivity index (χ1) is 14.0. The van der Waals surface area contributed by atoms with E-state index < -0.39 is 0 Å². The van der Waals surface area contributed by atoms with Gasteiger partial charge in [-0.25, -0.2) is 5.01 Å². The van der Waals surface area contributed by atoms with Crippen molar-refractivity contribution in [2.45, 2.75) is 19.4 Å². The molecule has 1 atom stereocenters. The Morgan fingerprint density at radius 1 is 1.07 bits per heavy atom. The quantitative estimate of drug-likeness (QED) is 0.650. The van der Waals surface area contributed by atoms with Crippen LogP contribution in [0.5, 0.6) is 17.2 Å². The highest BCUT2D eigenvalue weighted by Gasteiger charge is 2.34. The SMILES string of the molecule is COc1cc(C2CC(c3cc4ccccc4o3)=NN2C(C)=O)cc(OC)c1OC. The molecule has 2 aromatic carbocycles. The van der Waals surface area contributed by atoms with Crippen molar-refractivity contribution in [3.8, 4) is 17.2 Å². The van der Waals surface area contributed by atoms with Gasteiger partial charge in [0, 0.05) is 18.7 Å². The molecule has 0 aliphatic carbocycles. The lowest BCUT2D eigenvalue weighted by Crippen LogP contribution is -2.24. The van der Waals surface area contributed by atoms with Gasteiger partial charge in [-0.3, -0.25) is 4.79 Å². The molecule has 3 aromatic rings. The van der Waals surface area contributed by atoms with Gasteiger partial charge in [0.2, 0.25) is 11.7 Å². The molecule has 1 unspecified atom stereocenters. The van der Waals surface area contributed by atoms with Gasteiger partial charge in [0.05, 0.1) is 27.4 Å². The molecule has 1 amide bonds. The van der Waals surface area contributed by atoms with E-state index in [0.717, 1.165) is 22.2 Å². The Morgan fingerprint density at radius 2 is 1.76 bits per heavy atom. The summed E-state index contributed by atoms with van der Waals surface area (Å²) in [5, 5.41) is 7.03. The van der Waals surface area contributed by atoms with Crippen LogP contribution < -0.4 is 14.2 Å². The Morgan fingerprint density at radius 3 is 2.34 bits per heavy atom. The van der Waals surface area contributed by atoms with Gasteiger partial charge in [-0.15, -0.1) is 0 Å². The largest absolute Gasteiger partial charge is 0.493 e. The van der Waals surface area contributed by atoms with E-state index in [1.54, 1.807) is 21.3 Å². The second-order valence-corrected chi connectivity index (χ2v) is 6.74. The summed E-state index contributed by atoms with van der Waals surface area (Å²) in [6.45, 7) is 1.50. The summed E-state index contributed by atoms with van der Waals surface area (Å²) in [4.78, 5) is 12.3. The highest BCUT2D eigenvalue weighted by atomic mass is 16.5. The minimum atomic E-state index is -0.301. The third-order valence-corrected chi connectivity index (χ3v) is 5.01. The number of para-hydroxylation sites is 1. The van der Waals surface area contributed by atoms with Crippen molar-refractivity contribution >= 4 is 22.6 Å². The average molecular weight is 394 g/mol. The molecule has 0 fully saturated rings. The summed E-state index contributed by atoms with van der Waals surface area (Å²) in [5.41, 5.74) is 2.34. The van der Waals surface area contributed by atoms with E-state index in [4.69, 9.17) is 18.6 Å². The number of hydrogen-bond acceptors (Lipinski definition) is 6. The van der Waals surface area contributed by atoms with Crippen LogP contribution >= 0.6 is 0 Å². The Bertz CT molecular complexity index is 1040. The summed E-state index contributed by atoms with van der Waals surface area (Å²) >= 11 is 0. The number of hydrazone groups is 1. The molecule has 2 heterocycles. The van der Waals surface area contributed by atoms with Crippen LogP contribution in [0.2, 0.25) is 0 Å². The van der Waals surface area contributed by atoms with Crippen molar-refractivity contribution in [1.82, 2.24) is 5.01 Å². The van der Waals surface area contributed by atoms with Gasteiger partial charge in [0.25, 0.3) is 0 Å². The zero-order chi connectivity index (χ0) is 20.5. The fourth-order valence-electron chi connectivity index (χ4n) is 3.63. The summed E-state index contributed by atoms with van der Waals surface area (Å²) in [7, 11) is 4.68. The molecule has 4 rings (SSSR count). The summed E-state index contributed by atoms with van der Waals surface area (Å²) in [6.07, 6.45) is 0.512. The van der Waals surface area contributed by atoms with Gasteiger partial charge < -0.3 is 18.6 Å². The topological polar surface area (TPSA) is 73.5 Å². The molecule has 0 saturated carbocycles. The van der Waals surface area contributed by atoms with Crippen molar-refractivity contribution < 1.29 is 23.4 Å². The van der Waals surface area contributed by atoms with Crippen LogP contribution in [0.1, 0.15) is 30.7 Å². The number of rotatable bonds is 5. The lowest BCUT2D eigenvalue weighted by atomic mass is 9.99. The maximum atomic E-state index is 12.3. The second kappa shape index (κ2) is 7.50. The number of benzene rings is 2. The van der Waals surface area contributed by atoms with Gasteiger partial charge in [-0.1, -0.05) is 18.2 Å². The molecular formula is C22H22N2O5. The number of hydrogen-bond donors (Lipinski definition) is 0. The third-order valence-electron chi connectivity index (χ3n) is 5.01. The van der Waals surface area contributed by atoms with Crippen molar-refractivity contribution in [1.29, 1.82) is 0 Å². The summed E-state index contributed by atoms with van der Waals surface area (Å²) in [6, 6.07) is 13.1. The van der Waals surface area contributed by atoms with Crippen LogP contribution in [0, 0.1) is 0 Å². The van der Waals surface area contributed by atoms with Gasteiger partial charge in [0.15, 0.2) is 17.3 Å². The van der Waals surface area contributed by atoms with Crippen molar-refractivity contribution in [2.75, 3.05) is 21.3 Å². The Balaban J connectivity index is 1.74. The van der Waals surface area contributed by atoms with Crippen LogP contribution in [0.3, 0.4) is 0 Å². The number of methoxy groups -OCH3 is 3. The molecule has 0 spiro atoms. The Labute approximate surface area is 168 Å². The predicted molar refractivity (Wildman–Crippen MR) is 109 cm³/mol. The van der Waals surface area contributed by atoms with Gasteiger partial charge in [-0.05, 0) is 29.8 Å². The van der Waals surface area contributed by atoms with E-state index >= 15 is 0 Å². The van der Waals surface area contributed by atoms with E-state index in [1.165, 1.54) is 11.9 Å². The monoisotopic (exact) mass is 394 g/mol. The molecule has 1 aliphatic heterocycles. The molecule has 0 bridgehead atoms. The van der Waals surface area contributed by atoms with E-state index in [2.05, 4.69) is 5.10 Å². The normalized spacial score (nSPS) is 16.1. The number of carbonyl (C=O) groups is 1. The smallest absolute Gasteiger partial charge is 0.240 e. The number of ether oxygens (including phenoxy) is 3. The standard InChI is InChI=1S/C22H22N2O5/c1-13(25)24-17(15-10-20(26-2)22(28-4)21(11-15)27-3)12-16(23-24)19-9-14-7-5-6-8-18(14)29-19/h5-11,17H,12H2,1-4H3. The van der Waals surface area contributed by atoms with E-state index in [-0.39, 0.29) is 11.9 Å². The van der Waals surface area contributed by atoms with Crippen LogP contribution in [0.25, 0.3) is 11.0 Å². The van der Waals surface area contributed by atoms with Crippen LogP contribution in [-0.4, -0.2) is 38.0 Å². The molecule has 7 nitrogen and oxygen atoms in total. The first-order valence-electron chi connectivity index (χ1n) is 9.21. The molecule has 0 N–H and O–H groups in total. The Kier molecular flexibility index (Phi) is 4.88. The molecule has 7 heteroatoms. The van der Waals surface area contributed by atoms with Crippen molar-refractivity contribution in [2.24, 2.45) is 5.10 Å². The number of amides is 1. The highest BCUT2D eigenvalue weighted by Crippen LogP contribution is 2.43. The zero-order valence-electron chi connectivity index (χ0n) is 16.8. The number of nitrogens with zero attached hydrogens (tertiary/aromatic N) is 2. The zero-order valence-corrected chi connectivity index (χ0v) is 16.8. The third kappa shape index (κ3) is 3.29. The number of fused-ring (bicyclic) bond motifs is 1. The lowest BCUT2D eigenvalue weighted by molar-refractivity contribution is -0.130.